The molecule has 5 nitrogen and oxygen atoms in total. The molecular formula is C8H16O5. The molecule has 4 N–H and O–H groups in total. The molecule has 0 saturated heterocycles. The van der Waals surface area contributed by atoms with E-state index in [1.807, 2.05) is 0 Å². The van der Waals surface area contributed by atoms with Crippen molar-refractivity contribution >= 4 is 5.97 Å². The number of aliphatic hydroxyl groups excluding tert-OH is 3. The van der Waals surface area contributed by atoms with E-state index < -0.39 is 24.1 Å². The molecule has 0 rings (SSSR count). The van der Waals surface area contributed by atoms with E-state index >= 15 is 0 Å². The lowest BCUT2D eigenvalue weighted by Gasteiger charge is -2.18. The third-order valence-corrected chi connectivity index (χ3v) is 1.89. The largest absolute Gasteiger partial charge is 0.481 e. The number of carboxylic acids is 1. The Kier molecular flexibility index (Phi) is 5.61. The Morgan fingerprint density at radius 3 is 2.23 bits per heavy atom. The zero-order chi connectivity index (χ0) is 10.4. The van der Waals surface area contributed by atoms with Gasteiger partial charge in [0.05, 0.1) is 18.1 Å². The molecular weight excluding hydrogens is 176 g/mol. The third kappa shape index (κ3) is 4.82. The zero-order valence-electron chi connectivity index (χ0n) is 7.55. The molecule has 0 aromatic carbocycles. The van der Waals surface area contributed by atoms with Crippen LogP contribution in [0, 0.1) is 5.92 Å². The van der Waals surface area contributed by atoms with Gasteiger partial charge in [0.15, 0.2) is 0 Å². The molecule has 0 amide bonds. The van der Waals surface area contributed by atoms with Crippen LogP contribution in [0.1, 0.15) is 19.8 Å². The topological polar surface area (TPSA) is 98.0 Å². The minimum absolute atomic E-state index is 0.0342. The lowest BCUT2D eigenvalue weighted by Crippen LogP contribution is -2.30. The summed E-state index contributed by atoms with van der Waals surface area (Å²) in [7, 11) is 0. The van der Waals surface area contributed by atoms with Crippen LogP contribution in [0.25, 0.3) is 0 Å². The molecule has 13 heavy (non-hydrogen) atoms. The maximum absolute atomic E-state index is 10.5. The predicted octanol–water partition coefficient (Wildman–Crippen LogP) is -0.799. The van der Waals surface area contributed by atoms with Gasteiger partial charge in [-0.2, -0.15) is 0 Å². The SMILES string of the molecule is C[C@@H](O)C(CC(O)CCO)C(=O)O. The molecule has 0 spiro atoms. The van der Waals surface area contributed by atoms with Crippen molar-refractivity contribution in [3.05, 3.63) is 0 Å². The summed E-state index contributed by atoms with van der Waals surface area (Å²) in [5.74, 6) is -2.10. The molecule has 0 bridgehead atoms. The van der Waals surface area contributed by atoms with Crippen LogP contribution < -0.4 is 0 Å². The summed E-state index contributed by atoms with van der Waals surface area (Å²) in [6.45, 7) is 1.18. The zero-order valence-corrected chi connectivity index (χ0v) is 7.55. The molecule has 0 radical (unpaired) electrons. The lowest BCUT2D eigenvalue weighted by molar-refractivity contribution is -0.146. The first-order valence-corrected chi connectivity index (χ1v) is 4.18. The molecule has 78 valence electrons. The van der Waals surface area contributed by atoms with Crippen molar-refractivity contribution in [3.8, 4) is 0 Å². The fourth-order valence-corrected chi connectivity index (χ4v) is 1.06. The number of carboxylic acid groups (broad SMARTS) is 1. The first kappa shape index (κ1) is 12.3. The van der Waals surface area contributed by atoms with E-state index in [1.165, 1.54) is 6.92 Å². The Bertz CT molecular complexity index is 157. The Labute approximate surface area is 76.6 Å². The molecule has 0 saturated carbocycles. The summed E-state index contributed by atoms with van der Waals surface area (Å²) >= 11 is 0. The van der Waals surface area contributed by atoms with Gasteiger partial charge < -0.3 is 20.4 Å². The Hall–Kier alpha value is -0.650. The van der Waals surface area contributed by atoms with Crippen LogP contribution in [0.2, 0.25) is 0 Å². The fourth-order valence-electron chi connectivity index (χ4n) is 1.06. The van der Waals surface area contributed by atoms with Gasteiger partial charge >= 0.3 is 5.97 Å². The van der Waals surface area contributed by atoms with Gasteiger partial charge in [0.1, 0.15) is 0 Å². The number of hydrogen-bond acceptors (Lipinski definition) is 4. The Morgan fingerprint density at radius 1 is 1.38 bits per heavy atom. The number of aliphatic carboxylic acids is 1. The monoisotopic (exact) mass is 192 g/mol. The van der Waals surface area contributed by atoms with Crippen LogP contribution in [0.4, 0.5) is 0 Å². The van der Waals surface area contributed by atoms with E-state index in [4.69, 9.17) is 15.3 Å². The molecule has 3 atom stereocenters. The average molecular weight is 192 g/mol. The molecule has 5 heteroatoms. The molecule has 2 unspecified atom stereocenters. The van der Waals surface area contributed by atoms with Crippen molar-refractivity contribution in [2.45, 2.75) is 32.0 Å². The first-order chi connectivity index (χ1) is 5.99. The minimum Gasteiger partial charge on any atom is -0.481 e. The second-order valence-electron chi connectivity index (χ2n) is 3.09. The quantitative estimate of drug-likeness (QED) is 0.441. The molecule has 0 aromatic rings. The predicted molar refractivity (Wildman–Crippen MR) is 45.1 cm³/mol. The third-order valence-electron chi connectivity index (χ3n) is 1.89. The van der Waals surface area contributed by atoms with Gasteiger partial charge in [-0.1, -0.05) is 0 Å². The van der Waals surface area contributed by atoms with Crippen LogP contribution >= 0.6 is 0 Å². The molecule has 0 aliphatic carbocycles. The average Bonchev–Trinajstić information content (AvgIpc) is 1.99. The van der Waals surface area contributed by atoms with Crippen molar-refractivity contribution in [3.63, 3.8) is 0 Å². The van der Waals surface area contributed by atoms with Crippen molar-refractivity contribution in [1.29, 1.82) is 0 Å². The van der Waals surface area contributed by atoms with Gasteiger partial charge in [-0.25, -0.2) is 0 Å². The van der Waals surface area contributed by atoms with E-state index in [2.05, 4.69) is 0 Å². The maximum atomic E-state index is 10.5. The van der Waals surface area contributed by atoms with Gasteiger partial charge in [-0.3, -0.25) is 4.79 Å². The Morgan fingerprint density at radius 2 is 1.92 bits per heavy atom. The fraction of sp³-hybridized carbons (Fsp3) is 0.875. The number of carbonyl (C=O) groups is 1. The summed E-state index contributed by atoms with van der Waals surface area (Å²) in [4.78, 5) is 10.5. The van der Waals surface area contributed by atoms with E-state index in [-0.39, 0.29) is 19.4 Å². The van der Waals surface area contributed by atoms with Crippen LogP contribution in [0.15, 0.2) is 0 Å². The second kappa shape index (κ2) is 5.90. The highest BCUT2D eigenvalue weighted by Gasteiger charge is 2.25. The molecule has 0 fully saturated rings. The standard InChI is InChI=1S/C8H16O5/c1-5(10)7(8(12)13)4-6(11)2-3-9/h5-7,9-11H,2-4H2,1H3,(H,12,13)/t5-,6?,7?/m1/s1. The molecule has 0 heterocycles. The van der Waals surface area contributed by atoms with Crippen LogP contribution in [0.5, 0.6) is 0 Å². The summed E-state index contributed by atoms with van der Waals surface area (Å²) < 4.78 is 0. The maximum Gasteiger partial charge on any atom is 0.309 e. The minimum atomic E-state index is -1.13. The van der Waals surface area contributed by atoms with Gasteiger partial charge in [-0.05, 0) is 19.8 Å². The van der Waals surface area contributed by atoms with Gasteiger partial charge in [0, 0.05) is 6.61 Å². The van der Waals surface area contributed by atoms with Crippen LogP contribution in [0.3, 0.4) is 0 Å². The van der Waals surface area contributed by atoms with E-state index in [1.54, 1.807) is 0 Å². The Balaban J connectivity index is 4.02. The smallest absolute Gasteiger partial charge is 0.309 e. The van der Waals surface area contributed by atoms with Crippen LogP contribution in [-0.2, 0) is 4.79 Å². The normalized spacial score (nSPS) is 17.8. The van der Waals surface area contributed by atoms with Gasteiger partial charge in [-0.15, -0.1) is 0 Å². The summed E-state index contributed by atoms with van der Waals surface area (Å²) in [5.41, 5.74) is 0. The number of aliphatic hydroxyl groups is 3. The van der Waals surface area contributed by atoms with Gasteiger partial charge in [0.2, 0.25) is 0 Å². The molecule has 0 aliphatic heterocycles. The summed E-state index contributed by atoms with van der Waals surface area (Å²) in [6.07, 6.45) is -1.77. The van der Waals surface area contributed by atoms with Crippen molar-refractivity contribution in [2.24, 2.45) is 5.92 Å². The summed E-state index contributed by atoms with van der Waals surface area (Å²) in [5, 5.41) is 35.3. The summed E-state index contributed by atoms with van der Waals surface area (Å²) in [6, 6.07) is 0. The van der Waals surface area contributed by atoms with Gasteiger partial charge in [0.25, 0.3) is 0 Å². The van der Waals surface area contributed by atoms with Crippen LogP contribution in [-0.4, -0.2) is 45.2 Å². The molecule has 0 aliphatic rings. The van der Waals surface area contributed by atoms with Crippen molar-refractivity contribution in [2.75, 3.05) is 6.61 Å². The highest BCUT2D eigenvalue weighted by molar-refractivity contribution is 5.70. The van der Waals surface area contributed by atoms with Crippen molar-refractivity contribution < 1.29 is 25.2 Å². The van der Waals surface area contributed by atoms with E-state index in [0.717, 1.165) is 0 Å². The highest BCUT2D eigenvalue weighted by atomic mass is 16.4. The van der Waals surface area contributed by atoms with Crippen molar-refractivity contribution in [1.82, 2.24) is 0 Å². The lowest BCUT2D eigenvalue weighted by atomic mass is 9.95. The highest BCUT2D eigenvalue weighted by Crippen LogP contribution is 2.13. The second-order valence-corrected chi connectivity index (χ2v) is 3.09. The first-order valence-electron chi connectivity index (χ1n) is 4.18. The number of rotatable bonds is 6. The van der Waals surface area contributed by atoms with E-state index in [9.17, 15) is 9.90 Å². The van der Waals surface area contributed by atoms with E-state index in [0.29, 0.717) is 0 Å². The molecule has 0 aromatic heterocycles. The number of hydrogen-bond donors (Lipinski definition) is 4.